The van der Waals surface area contributed by atoms with Crippen LogP contribution in [-0.2, 0) is 4.74 Å². The van der Waals surface area contributed by atoms with Crippen LogP contribution in [0.5, 0.6) is 0 Å². The van der Waals surface area contributed by atoms with Gasteiger partial charge in [0.25, 0.3) is 0 Å². The summed E-state index contributed by atoms with van der Waals surface area (Å²) in [5.74, 6) is 2.60. The van der Waals surface area contributed by atoms with E-state index in [4.69, 9.17) is 9.15 Å². The van der Waals surface area contributed by atoms with E-state index in [2.05, 4.69) is 48.8 Å². The molecule has 208 valence electrons. The van der Waals surface area contributed by atoms with Crippen LogP contribution in [-0.4, -0.2) is 71.5 Å². The molecule has 0 radical (unpaired) electrons. The van der Waals surface area contributed by atoms with Crippen molar-refractivity contribution < 1.29 is 14.3 Å². The van der Waals surface area contributed by atoms with Gasteiger partial charge in [0.1, 0.15) is 5.82 Å². The summed E-state index contributed by atoms with van der Waals surface area (Å²) in [7, 11) is 0. The second-order valence-electron chi connectivity index (χ2n) is 11.2. The maximum absolute atomic E-state index is 9.17. The van der Waals surface area contributed by atoms with Crippen molar-refractivity contribution >= 4 is 29.1 Å². The van der Waals surface area contributed by atoms with Crippen molar-refractivity contribution in [3.63, 3.8) is 0 Å². The van der Waals surface area contributed by atoms with Crippen molar-refractivity contribution in [2.24, 2.45) is 5.41 Å². The van der Waals surface area contributed by atoms with Crippen molar-refractivity contribution in [1.82, 2.24) is 15.2 Å². The van der Waals surface area contributed by atoms with Crippen molar-refractivity contribution in [2.75, 3.05) is 59.7 Å². The molecule has 0 unspecified atom stereocenters. The Kier molecular flexibility index (Phi) is 7.95. The maximum atomic E-state index is 9.17. The number of piperidine rings is 2. The summed E-state index contributed by atoms with van der Waals surface area (Å²) < 4.78 is 16.0. The number of benzene rings is 1. The molecule has 0 atom stereocenters. The summed E-state index contributed by atoms with van der Waals surface area (Å²) in [6.45, 7) is 7.23. The van der Waals surface area contributed by atoms with Crippen LogP contribution in [0.2, 0.25) is 0 Å². The second-order valence-corrected chi connectivity index (χ2v) is 12.1. The van der Waals surface area contributed by atoms with E-state index in [0.29, 0.717) is 29.1 Å². The van der Waals surface area contributed by atoms with Crippen molar-refractivity contribution in [2.45, 2.75) is 51.6 Å². The highest BCUT2D eigenvalue weighted by Gasteiger charge is 2.31. The van der Waals surface area contributed by atoms with Crippen molar-refractivity contribution in [3.05, 3.63) is 36.5 Å². The number of aliphatic hydroxyl groups is 1. The molecule has 1 aromatic carbocycles. The SMILES string of the molecule is CC12CCCOC3CCN(CC3)c3cc(NSCCO)ccc3-c3nnc(o3)-c3ccnc(c3)N(CC1)CC2. The van der Waals surface area contributed by atoms with Crippen LogP contribution >= 0.6 is 11.9 Å². The third-order valence-corrected chi connectivity index (χ3v) is 9.15. The highest BCUT2D eigenvalue weighted by molar-refractivity contribution is 8.00. The number of rotatable bonds is 4. The molecule has 0 aliphatic carbocycles. The Morgan fingerprint density at radius 1 is 1.03 bits per heavy atom. The van der Waals surface area contributed by atoms with E-state index in [1.807, 2.05) is 24.4 Å². The summed E-state index contributed by atoms with van der Waals surface area (Å²) in [6.07, 6.45) is 8.78. The highest BCUT2D eigenvalue weighted by Crippen LogP contribution is 2.39. The summed E-state index contributed by atoms with van der Waals surface area (Å²) in [4.78, 5) is 9.45. The molecule has 2 N–H and O–H groups in total. The van der Waals surface area contributed by atoms with E-state index in [-0.39, 0.29) is 6.61 Å². The second kappa shape index (κ2) is 11.7. The van der Waals surface area contributed by atoms with Gasteiger partial charge >= 0.3 is 0 Å². The Morgan fingerprint density at radius 3 is 2.67 bits per heavy atom. The Labute approximate surface area is 234 Å². The molecule has 6 aliphatic heterocycles. The Hall–Kier alpha value is -2.82. The number of nitrogens with one attached hydrogen (secondary N) is 1. The van der Waals surface area contributed by atoms with Gasteiger partial charge < -0.3 is 28.8 Å². The zero-order valence-corrected chi connectivity index (χ0v) is 23.5. The summed E-state index contributed by atoms with van der Waals surface area (Å²) in [6, 6.07) is 10.2. The first kappa shape index (κ1) is 26.4. The largest absolute Gasteiger partial charge is 0.416 e. The molecular weight excluding hydrogens is 512 g/mol. The minimum atomic E-state index is 0.134. The predicted octanol–water partition coefficient (Wildman–Crippen LogP) is 5.24. The molecule has 2 aromatic heterocycles. The number of aromatic nitrogens is 3. The van der Waals surface area contributed by atoms with E-state index in [1.54, 1.807) is 0 Å². The number of pyridine rings is 1. The lowest BCUT2D eigenvalue weighted by Gasteiger charge is -2.40. The normalized spacial score (nSPS) is 23.5. The fourth-order valence-electron chi connectivity index (χ4n) is 5.93. The average Bonchev–Trinajstić information content (AvgIpc) is 3.46. The van der Waals surface area contributed by atoms with Gasteiger partial charge in [-0.05, 0) is 74.3 Å². The summed E-state index contributed by atoms with van der Waals surface area (Å²) in [5, 5.41) is 18.1. The molecule has 10 heteroatoms. The summed E-state index contributed by atoms with van der Waals surface area (Å²) >= 11 is 1.49. The van der Waals surface area contributed by atoms with Gasteiger partial charge in [-0.15, -0.1) is 10.2 Å². The van der Waals surface area contributed by atoms with Gasteiger partial charge in [-0.25, -0.2) is 4.98 Å². The molecule has 8 heterocycles. The Balaban J connectivity index is 1.33. The number of nitrogens with zero attached hydrogens (tertiary/aromatic N) is 5. The van der Waals surface area contributed by atoms with E-state index in [9.17, 15) is 5.11 Å². The van der Waals surface area contributed by atoms with Gasteiger partial charge in [0.2, 0.25) is 11.8 Å². The van der Waals surface area contributed by atoms with Crippen LogP contribution < -0.4 is 14.5 Å². The Morgan fingerprint density at radius 2 is 1.85 bits per heavy atom. The average molecular weight is 551 g/mol. The number of aliphatic hydroxyl groups excluding tert-OH is 1. The molecule has 2 saturated heterocycles. The maximum Gasteiger partial charge on any atom is 0.250 e. The smallest absolute Gasteiger partial charge is 0.250 e. The third-order valence-electron chi connectivity index (χ3n) is 8.38. The van der Waals surface area contributed by atoms with Crippen LogP contribution in [0.4, 0.5) is 17.2 Å². The van der Waals surface area contributed by atoms with Crippen LogP contribution in [0.15, 0.2) is 40.9 Å². The molecule has 0 saturated carbocycles. The number of anilines is 3. The minimum absolute atomic E-state index is 0.134. The number of hydrogen-bond donors (Lipinski definition) is 2. The molecule has 6 aliphatic rings. The first-order chi connectivity index (χ1) is 19.1. The first-order valence-corrected chi connectivity index (χ1v) is 15.1. The van der Waals surface area contributed by atoms with E-state index in [1.165, 1.54) is 18.4 Å². The zero-order chi connectivity index (χ0) is 26.7. The van der Waals surface area contributed by atoms with Crippen LogP contribution in [0.25, 0.3) is 22.9 Å². The molecular formula is C29H38N6O3S. The first-order valence-electron chi connectivity index (χ1n) is 14.1. The molecule has 8 bridgehead atoms. The van der Waals surface area contributed by atoms with E-state index < -0.39 is 0 Å². The van der Waals surface area contributed by atoms with Crippen LogP contribution in [0.3, 0.4) is 0 Å². The monoisotopic (exact) mass is 550 g/mol. The fraction of sp³-hybridized carbons (Fsp3) is 0.552. The summed E-state index contributed by atoms with van der Waals surface area (Å²) in [5.41, 5.74) is 4.22. The van der Waals surface area contributed by atoms with E-state index in [0.717, 1.165) is 93.2 Å². The third kappa shape index (κ3) is 6.02. The molecule has 0 amide bonds. The number of ether oxygens (including phenoxy) is 1. The zero-order valence-electron chi connectivity index (χ0n) is 22.6. The fourth-order valence-corrected chi connectivity index (χ4v) is 6.42. The molecule has 2 fully saturated rings. The minimum Gasteiger partial charge on any atom is -0.416 e. The lowest BCUT2D eigenvalue weighted by atomic mass is 9.77. The van der Waals surface area contributed by atoms with Gasteiger partial charge in [0.15, 0.2) is 0 Å². The van der Waals surface area contributed by atoms with Gasteiger partial charge in [0.05, 0.1) is 24.0 Å². The quantitative estimate of drug-likeness (QED) is 0.331. The standard InChI is InChI=1S/C29H38N6O3S/c1-29-8-2-17-37-23-6-12-34(13-7-23)25-20-22(33-39-18-16-36)3-4-24(25)28-32-31-27(38-28)21-5-11-30-26(19-21)35(14-9-29)15-10-29/h3-5,11,19-20,23,33,36H,2,6-10,12-18H2,1H3. The molecule has 0 spiro atoms. The number of hydrogen-bond acceptors (Lipinski definition) is 10. The van der Waals surface area contributed by atoms with Crippen LogP contribution in [0, 0.1) is 5.41 Å². The lowest BCUT2D eigenvalue weighted by molar-refractivity contribution is 0.0291. The Bertz CT molecular complexity index is 1250. The molecule has 39 heavy (non-hydrogen) atoms. The molecule has 9 rings (SSSR count). The van der Waals surface area contributed by atoms with Crippen molar-refractivity contribution in [1.29, 1.82) is 0 Å². The van der Waals surface area contributed by atoms with E-state index >= 15 is 0 Å². The highest BCUT2D eigenvalue weighted by atomic mass is 32.2. The molecule has 3 aromatic rings. The van der Waals surface area contributed by atoms with Crippen LogP contribution in [0.1, 0.15) is 45.4 Å². The van der Waals surface area contributed by atoms with Gasteiger partial charge in [-0.2, -0.15) is 0 Å². The van der Waals surface area contributed by atoms with Gasteiger partial charge in [0, 0.05) is 56.0 Å². The van der Waals surface area contributed by atoms with Gasteiger partial charge in [-0.3, -0.25) is 0 Å². The van der Waals surface area contributed by atoms with Gasteiger partial charge in [-0.1, -0.05) is 18.9 Å². The lowest BCUT2D eigenvalue weighted by Crippen LogP contribution is -2.39. The van der Waals surface area contributed by atoms with Crippen molar-refractivity contribution in [3.8, 4) is 22.9 Å². The predicted molar refractivity (Wildman–Crippen MR) is 156 cm³/mol. The topological polar surface area (TPSA) is 99.8 Å². The molecule has 9 nitrogen and oxygen atoms in total.